The molecule has 2 atom stereocenters. The van der Waals surface area contributed by atoms with Crippen LogP contribution < -0.4 is 5.32 Å². The van der Waals surface area contributed by atoms with Gasteiger partial charge in [0.1, 0.15) is 5.92 Å². The van der Waals surface area contributed by atoms with Gasteiger partial charge in [0.15, 0.2) is 0 Å². The predicted molar refractivity (Wildman–Crippen MR) is 116 cm³/mol. The van der Waals surface area contributed by atoms with Gasteiger partial charge < -0.3 is 10.1 Å². The molecule has 4 heteroatoms. The lowest BCUT2D eigenvalue weighted by atomic mass is 9.84. The van der Waals surface area contributed by atoms with E-state index in [2.05, 4.69) is 19.2 Å². The van der Waals surface area contributed by atoms with E-state index in [1.54, 1.807) is 12.1 Å². The average molecular weight is 389 g/mol. The molecule has 0 bridgehead atoms. The summed E-state index contributed by atoms with van der Waals surface area (Å²) in [7, 11) is 1.39. The Hall–Kier alpha value is -3.14. The normalized spacial score (nSPS) is 13.1. The third-order valence-electron chi connectivity index (χ3n) is 5.09. The molecule has 3 aromatic rings. The number of amides is 1. The lowest BCUT2D eigenvalue weighted by Gasteiger charge is -2.29. The molecule has 0 saturated carbocycles. The van der Waals surface area contributed by atoms with Gasteiger partial charge in [-0.2, -0.15) is 0 Å². The van der Waals surface area contributed by atoms with Gasteiger partial charge in [-0.1, -0.05) is 74.5 Å². The second-order valence-electron chi connectivity index (χ2n) is 7.64. The van der Waals surface area contributed by atoms with Gasteiger partial charge in [0.25, 0.3) is 5.91 Å². The number of fused-ring (bicyclic) bond motifs is 1. The van der Waals surface area contributed by atoms with Crippen molar-refractivity contribution in [2.45, 2.75) is 32.2 Å². The fourth-order valence-electron chi connectivity index (χ4n) is 3.78. The Balaban J connectivity index is 2.04. The van der Waals surface area contributed by atoms with Crippen molar-refractivity contribution in [3.05, 3.63) is 83.9 Å². The maximum Gasteiger partial charge on any atom is 0.315 e. The minimum atomic E-state index is -0.596. The zero-order valence-corrected chi connectivity index (χ0v) is 17.1. The highest BCUT2D eigenvalue weighted by Crippen LogP contribution is 2.31. The number of methoxy groups -OCH3 is 1. The van der Waals surface area contributed by atoms with E-state index in [1.165, 1.54) is 7.11 Å². The lowest BCUT2D eigenvalue weighted by Crippen LogP contribution is -2.43. The van der Waals surface area contributed by atoms with E-state index in [1.807, 2.05) is 60.7 Å². The van der Waals surface area contributed by atoms with Crippen LogP contribution in [0.2, 0.25) is 0 Å². The van der Waals surface area contributed by atoms with Gasteiger partial charge >= 0.3 is 5.97 Å². The molecular weight excluding hydrogens is 362 g/mol. The molecule has 3 aromatic carbocycles. The van der Waals surface area contributed by atoms with E-state index in [0.717, 1.165) is 16.3 Å². The topological polar surface area (TPSA) is 55.4 Å². The van der Waals surface area contributed by atoms with Crippen LogP contribution in [-0.2, 0) is 9.53 Å². The summed E-state index contributed by atoms with van der Waals surface area (Å²) in [6, 6.07) is 22.6. The molecular formula is C25H27NO3. The van der Waals surface area contributed by atoms with Crippen molar-refractivity contribution in [3.63, 3.8) is 0 Å². The van der Waals surface area contributed by atoms with Crippen molar-refractivity contribution in [1.82, 2.24) is 5.32 Å². The van der Waals surface area contributed by atoms with Crippen LogP contribution in [0.1, 0.15) is 42.1 Å². The smallest absolute Gasteiger partial charge is 0.315 e. The van der Waals surface area contributed by atoms with E-state index in [9.17, 15) is 9.59 Å². The minimum Gasteiger partial charge on any atom is -0.468 e. The first-order valence-electron chi connectivity index (χ1n) is 9.92. The van der Waals surface area contributed by atoms with Gasteiger partial charge in [-0.3, -0.25) is 9.59 Å². The first kappa shape index (κ1) is 20.6. The molecule has 0 heterocycles. The van der Waals surface area contributed by atoms with Crippen LogP contribution in [0.15, 0.2) is 72.8 Å². The maximum atomic E-state index is 12.9. The molecule has 3 rings (SSSR count). The molecule has 4 nitrogen and oxygen atoms in total. The van der Waals surface area contributed by atoms with E-state index in [-0.39, 0.29) is 17.9 Å². The van der Waals surface area contributed by atoms with Gasteiger partial charge in [0, 0.05) is 11.6 Å². The second kappa shape index (κ2) is 9.37. The maximum absolute atomic E-state index is 12.9. The molecule has 0 aromatic heterocycles. The Labute approximate surface area is 171 Å². The highest BCUT2D eigenvalue weighted by atomic mass is 16.5. The fourth-order valence-corrected chi connectivity index (χ4v) is 3.78. The molecule has 2 unspecified atom stereocenters. The van der Waals surface area contributed by atoms with Crippen molar-refractivity contribution in [3.8, 4) is 0 Å². The number of carbonyl (C=O) groups is 2. The summed E-state index contributed by atoms with van der Waals surface area (Å²) in [5, 5.41) is 5.15. The van der Waals surface area contributed by atoms with Crippen LogP contribution in [-0.4, -0.2) is 25.0 Å². The molecule has 150 valence electrons. The Kier molecular flexibility index (Phi) is 6.65. The van der Waals surface area contributed by atoms with Crippen molar-refractivity contribution in [1.29, 1.82) is 0 Å². The van der Waals surface area contributed by atoms with Gasteiger partial charge in [-0.05, 0) is 40.8 Å². The molecule has 0 aliphatic heterocycles. The fraction of sp³-hybridized carbons (Fsp3) is 0.280. The third kappa shape index (κ3) is 4.83. The number of rotatable bonds is 7. The summed E-state index contributed by atoms with van der Waals surface area (Å²) in [6.45, 7) is 4.16. The molecule has 29 heavy (non-hydrogen) atoms. The Morgan fingerprint density at radius 2 is 1.55 bits per heavy atom. The van der Waals surface area contributed by atoms with Crippen LogP contribution in [0.3, 0.4) is 0 Å². The summed E-state index contributed by atoms with van der Waals surface area (Å²) in [6.07, 6.45) is 0.654. The summed E-state index contributed by atoms with van der Waals surface area (Å²) in [5.41, 5.74) is 1.44. The van der Waals surface area contributed by atoms with E-state index < -0.39 is 5.92 Å². The number of ether oxygens (including phenoxy) is 1. The van der Waals surface area contributed by atoms with Gasteiger partial charge in [0.05, 0.1) is 7.11 Å². The summed E-state index contributed by atoms with van der Waals surface area (Å²) < 4.78 is 5.18. The molecule has 1 amide bonds. The molecule has 0 radical (unpaired) electrons. The molecule has 0 aliphatic carbocycles. The number of hydrogen-bond acceptors (Lipinski definition) is 3. The Morgan fingerprint density at radius 3 is 2.24 bits per heavy atom. The Morgan fingerprint density at radius 1 is 0.897 bits per heavy atom. The number of nitrogens with one attached hydrogen (secondary N) is 1. The first-order chi connectivity index (χ1) is 14.0. The predicted octanol–water partition coefficient (Wildman–Crippen LogP) is 4.94. The van der Waals surface area contributed by atoms with Crippen molar-refractivity contribution >= 4 is 22.6 Å². The summed E-state index contributed by atoms with van der Waals surface area (Å²) in [5.74, 6) is -0.842. The molecule has 1 N–H and O–H groups in total. The van der Waals surface area contributed by atoms with Gasteiger partial charge in [-0.25, -0.2) is 0 Å². The van der Waals surface area contributed by atoms with Crippen LogP contribution in [0, 0.1) is 5.92 Å². The van der Waals surface area contributed by atoms with Crippen molar-refractivity contribution in [2.24, 2.45) is 5.92 Å². The molecule has 0 aliphatic rings. The standard InChI is InChI=1S/C25H27NO3/c1-17(2)16-22(26-24(27)19-11-5-4-6-12-19)23(25(28)29-3)21-15-9-13-18-10-7-8-14-20(18)21/h4-15,17,22-23H,16H2,1-3H3,(H,26,27). The lowest BCUT2D eigenvalue weighted by molar-refractivity contribution is -0.143. The van der Waals surface area contributed by atoms with Crippen LogP contribution in [0.4, 0.5) is 0 Å². The van der Waals surface area contributed by atoms with Crippen LogP contribution in [0.5, 0.6) is 0 Å². The molecule has 0 fully saturated rings. The number of hydrogen-bond donors (Lipinski definition) is 1. The summed E-state index contributed by atoms with van der Waals surface area (Å²) >= 11 is 0. The average Bonchev–Trinajstić information content (AvgIpc) is 2.74. The zero-order valence-electron chi connectivity index (χ0n) is 17.1. The van der Waals surface area contributed by atoms with E-state index in [0.29, 0.717) is 17.9 Å². The van der Waals surface area contributed by atoms with Gasteiger partial charge in [-0.15, -0.1) is 0 Å². The number of carbonyl (C=O) groups excluding carboxylic acids is 2. The second-order valence-corrected chi connectivity index (χ2v) is 7.64. The summed E-state index contributed by atoms with van der Waals surface area (Å²) in [4.78, 5) is 25.8. The van der Waals surface area contributed by atoms with Crippen molar-refractivity contribution < 1.29 is 14.3 Å². The van der Waals surface area contributed by atoms with Crippen LogP contribution in [0.25, 0.3) is 10.8 Å². The largest absolute Gasteiger partial charge is 0.468 e. The van der Waals surface area contributed by atoms with Crippen molar-refractivity contribution in [2.75, 3.05) is 7.11 Å². The number of benzene rings is 3. The van der Waals surface area contributed by atoms with E-state index in [4.69, 9.17) is 4.74 Å². The number of esters is 1. The first-order valence-corrected chi connectivity index (χ1v) is 9.92. The zero-order chi connectivity index (χ0) is 20.8. The van der Waals surface area contributed by atoms with Crippen LogP contribution >= 0.6 is 0 Å². The highest BCUT2D eigenvalue weighted by molar-refractivity contribution is 5.96. The highest BCUT2D eigenvalue weighted by Gasteiger charge is 2.33. The van der Waals surface area contributed by atoms with Gasteiger partial charge in [0.2, 0.25) is 0 Å². The Bertz CT molecular complexity index is 976. The monoisotopic (exact) mass is 389 g/mol. The third-order valence-corrected chi connectivity index (χ3v) is 5.09. The SMILES string of the molecule is COC(=O)C(c1cccc2ccccc12)C(CC(C)C)NC(=O)c1ccccc1. The minimum absolute atomic E-state index is 0.189. The molecule has 0 spiro atoms. The van der Waals surface area contributed by atoms with E-state index >= 15 is 0 Å². The quantitative estimate of drug-likeness (QED) is 0.582. The molecule has 0 saturated heterocycles.